The molecular formula is C19H21FN2O3S. The molecule has 7 heteroatoms. The van der Waals surface area contributed by atoms with Gasteiger partial charge in [-0.15, -0.1) is 0 Å². The lowest BCUT2D eigenvalue weighted by molar-refractivity contribution is 0.0956. The van der Waals surface area contributed by atoms with Crippen molar-refractivity contribution in [2.24, 2.45) is 0 Å². The summed E-state index contributed by atoms with van der Waals surface area (Å²) in [7, 11) is 0. The third-order valence-corrected chi connectivity index (χ3v) is 4.42. The van der Waals surface area contributed by atoms with E-state index in [2.05, 4.69) is 10.6 Å². The number of carbonyl (C=O) groups excluding carboxylic acids is 2. The molecule has 0 heterocycles. The zero-order chi connectivity index (χ0) is 18.8. The van der Waals surface area contributed by atoms with Crippen LogP contribution in [0.1, 0.15) is 22.8 Å². The summed E-state index contributed by atoms with van der Waals surface area (Å²) in [5.41, 5.74) is 1.72. The Hall–Kier alpha value is -2.54. The van der Waals surface area contributed by atoms with Crippen LogP contribution in [-0.2, 0) is 10.5 Å². The molecule has 0 saturated carbocycles. The van der Waals surface area contributed by atoms with Crippen LogP contribution in [-0.4, -0.2) is 30.9 Å². The fourth-order valence-corrected chi connectivity index (χ4v) is 2.97. The highest BCUT2D eigenvalue weighted by atomic mass is 32.2. The molecule has 0 saturated heterocycles. The lowest BCUT2D eigenvalue weighted by Crippen LogP contribution is -2.25. The summed E-state index contributed by atoms with van der Waals surface area (Å²) in [5.74, 6) is 0.846. The topological polar surface area (TPSA) is 67.4 Å². The lowest BCUT2D eigenvalue weighted by Gasteiger charge is -2.08. The molecule has 2 N–H and O–H groups in total. The number of thioether (sulfide) groups is 1. The fourth-order valence-electron chi connectivity index (χ4n) is 2.13. The summed E-state index contributed by atoms with van der Waals surface area (Å²) in [6, 6.07) is 13.2. The molecule has 2 amide bonds. The summed E-state index contributed by atoms with van der Waals surface area (Å²) in [6.07, 6.45) is -0.531. The minimum absolute atomic E-state index is 0.195. The second kappa shape index (κ2) is 10.5. The van der Waals surface area contributed by atoms with Crippen molar-refractivity contribution in [3.05, 3.63) is 65.5 Å². The van der Waals surface area contributed by atoms with Crippen LogP contribution in [0.2, 0.25) is 0 Å². The SMILES string of the molecule is CCOC(=O)Nc1ccc(C(=O)NCCSCc2ccccc2F)cc1. The summed E-state index contributed by atoms with van der Waals surface area (Å²) in [6.45, 7) is 2.50. The largest absolute Gasteiger partial charge is 0.450 e. The first-order valence-corrected chi connectivity index (χ1v) is 9.39. The number of nitrogens with one attached hydrogen (secondary N) is 2. The number of hydrogen-bond acceptors (Lipinski definition) is 4. The minimum Gasteiger partial charge on any atom is -0.450 e. The number of anilines is 1. The third-order valence-electron chi connectivity index (χ3n) is 3.42. The zero-order valence-electron chi connectivity index (χ0n) is 14.5. The van der Waals surface area contributed by atoms with Gasteiger partial charge in [-0.1, -0.05) is 18.2 Å². The molecule has 2 rings (SSSR count). The maximum absolute atomic E-state index is 13.5. The molecule has 26 heavy (non-hydrogen) atoms. The van der Waals surface area contributed by atoms with Gasteiger partial charge in [-0.3, -0.25) is 10.1 Å². The van der Waals surface area contributed by atoms with Crippen LogP contribution in [0.5, 0.6) is 0 Å². The van der Waals surface area contributed by atoms with E-state index < -0.39 is 6.09 Å². The maximum Gasteiger partial charge on any atom is 0.411 e. The van der Waals surface area contributed by atoms with E-state index in [1.165, 1.54) is 6.07 Å². The van der Waals surface area contributed by atoms with Crippen LogP contribution < -0.4 is 10.6 Å². The highest BCUT2D eigenvalue weighted by Crippen LogP contribution is 2.15. The molecular weight excluding hydrogens is 355 g/mol. The lowest BCUT2D eigenvalue weighted by atomic mass is 10.2. The Morgan fingerprint density at radius 3 is 2.54 bits per heavy atom. The summed E-state index contributed by atoms with van der Waals surface area (Å²) in [4.78, 5) is 23.4. The van der Waals surface area contributed by atoms with E-state index in [-0.39, 0.29) is 11.7 Å². The molecule has 0 fully saturated rings. The predicted molar refractivity (Wildman–Crippen MR) is 102 cm³/mol. The molecule has 0 spiro atoms. The number of ether oxygens (including phenoxy) is 1. The molecule has 0 aromatic heterocycles. The Bertz CT molecular complexity index is 738. The minimum atomic E-state index is -0.531. The summed E-state index contributed by atoms with van der Waals surface area (Å²) < 4.78 is 18.3. The molecule has 0 aliphatic rings. The quantitative estimate of drug-likeness (QED) is 0.682. The van der Waals surface area contributed by atoms with Crippen molar-refractivity contribution in [1.82, 2.24) is 5.32 Å². The summed E-state index contributed by atoms with van der Waals surface area (Å²) in [5, 5.41) is 5.38. The number of carbonyl (C=O) groups is 2. The molecule has 0 aliphatic carbocycles. The number of amides is 2. The average Bonchev–Trinajstić information content (AvgIpc) is 2.63. The second-order valence-corrected chi connectivity index (χ2v) is 6.43. The van der Waals surface area contributed by atoms with E-state index in [1.807, 2.05) is 0 Å². The second-order valence-electron chi connectivity index (χ2n) is 5.32. The Balaban J connectivity index is 1.70. The Morgan fingerprint density at radius 1 is 1.12 bits per heavy atom. The molecule has 0 radical (unpaired) electrons. The van der Waals surface area contributed by atoms with Gasteiger partial charge in [-0.05, 0) is 42.8 Å². The van der Waals surface area contributed by atoms with Gasteiger partial charge in [-0.25, -0.2) is 9.18 Å². The van der Waals surface area contributed by atoms with Crippen molar-refractivity contribution in [2.75, 3.05) is 24.2 Å². The summed E-state index contributed by atoms with van der Waals surface area (Å²) >= 11 is 1.56. The van der Waals surface area contributed by atoms with Crippen LogP contribution >= 0.6 is 11.8 Å². The van der Waals surface area contributed by atoms with Crippen LogP contribution in [0.3, 0.4) is 0 Å². The monoisotopic (exact) mass is 376 g/mol. The third kappa shape index (κ3) is 6.40. The first-order valence-electron chi connectivity index (χ1n) is 8.23. The molecule has 0 unspecified atom stereocenters. The smallest absolute Gasteiger partial charge is 0.411 e. The van der Waals surface area contributed by atoms with Crippen LogP contribution in [0.4, 0.5) is 14.9 Å². The van der Waals surface area contributed by atoms with Gasteiger partial charge in [0.1, 0.15) is 5.82 Å². The fraction of sp³-hybridized carbons (Fsp3) is 0.263. The van der Waals surface area contributed by atoms with Crippen molar-refractivity contribution >= 4 is 29.4 Å². The van der Waals surface area contributed by atoms with Crippen molar-refractivity contribution in [1.29, 1.82) is 0 Å². The van der Waals surface area contributed by atoms with Gasteiger partial charge >= 0.3 is 6.09 Å². The van der Waals surface area contributed by atoms with E-state index in [9.17, 15) is 14.0 Å². The van der Waals surface area contributed by atoms with E-state index in [0.717, 1.165) is 0 Å². The number of rotatable bonds is 8. The molecule has 0 atom stereocenters. The van der Waals surface area contributed by atoms with Crippen LogP contribution in [0.15, 0.2) is 48.5 Å². The van der Waals surface area contributed by atoms with Gasteiger partial charge in [0.25, 0.3) is 5.91 Å². The van der Waals surface area contributed by atoms with Crippen LogP contribution in [0, 0.1) is 5.82 Å². The van der Waals surface area contributed by atoms with Gasteiger partial charge in [0.2, 0.25) is 0 Å². The van der Waals surface area contributed by atoms with E-state index in [1.54, 1.807) is 61.2 Å². The van der Waals surface area contributed by atoms with Gasteiger partial charge in [0.05, 0.1) is 6.61 Å². The number of halogens is 1. The highest BCUT2D eigenvalue weighted by molar-refractivity contribution is 7.98. The highest BCUT2D eigenvalue weighted by Gasteiger charge is 2.07. The van der Waals surface area contributed by atoms with Crippen molar-refractivity contribution in [2.45, 2.75) is 12.7 Å². The van der Waals surface area contributed by atoms with Crippen molar-refractivity contribution in [3.63, 3.8) is 0 Å². The van der Waals surface area contributed by atoms with E-state index in [0.29, 0.717) is 41.5 Å². The van der Waals surface area contributed by atoms with E-state index in [4.69, 9.17) is 4.74 Å². The molecule has 2 aromatic rings. The van der Waals surface area contributed by atoms with Gasteiger partial charge in [0, 0.05) is 29.3 Å². The number of benzene rings is 2. The molecule has 0 aliphatic heterocycles. The van der Waals surface area contributed by atoms with E-state index >= 15 is 0 Å². The maximum atomic E-state index is 13.5. The Kier molecular flexibility index (Phi) is 7.95. The van der Waals surface area contributed by atoms with Crippen LogP contribution in [0.25, 0.3) is 0 Å². The number of hydrogen-bond donors (Lipinski definition) is 2. The normalized spacial score (nSPS) is 10.2. The Labute approximate surface area is 156 Å². The standard InChI is InChI=1S/C19H21FN2O3S/c1-2-25-19(24)22-16-9-7-14(8-10-16)18(23)21-11-12-26-13-15-5-3-4-6-17(15)20/h3-10H,2,11-13H2,1H3,(H,21,23)(H,22,24). The average molecular weight is 376 g/mol. The molecule has 5 nitrogen and oxygen atoms in total. The predicted octanol–water partition coefficient (Wildman–Crippen LogP) is 4.06. The van der Waals surface area contributed by atoms with Crippen molar-refractivity contribution < 1.29 is 18.7 Å². The van der Waals surface area contributed by atoms with Crippen molar-refractivity contribution in [3.8, 4) is 0 Å². The molecule has 0 bridgehead atoms. The first kappa shape index (κ1) is 19.8. The Morgan fingerprint density at radius 2 is 1.85 bits per heavy atom. The molecule has 138 valence electrons. The first-order chi connectivity index (χ1) is 12.6. The zero-order valence-corrected chi connectivity index (χ0v) is 15.3. The van der Waals surface area contributed by atoms with Gasteiger partial charge < -0.3 is 10.1 Å². The van der Waals surface area contributed by atoms with Gasteiger partial charge in [0.15, 0.2) is 0 Å². The van der Waals surface area contributed by atoms with Gasteiger partial charge in [-0.2, -0.15) is 11.8 Å². The molecule has 2 aromatic carbocycles.